The van der Waals surface area contributed by atoms with Crippen LogP contribution in [0.3, 0.4) is 0 Å². The molecule has 0 aliphatic rings. The second-order valence-corrected chi connectivity index (χ2v) is 7.72. The van der Waals surface area contributed by atoms with Crippen molar-refractivity contribution >= 4 is 10.9 Å². The highest BCUT2D eigenvalue weighted by molar-refractivity contribution is 5.82. The predicted octanol–water partition coefficient (Wildman–Crippen LogP) is 5.82. The molecule has 2 aromatic carbocycles. The number of nitrogens with zero attached hydrogens (tertiary/aromatic N) is 1. The minimum Gasteiger partial charge on any atom is -0.380 e. The first kappa shape index (κ1) is 20.3. The highest BCUT2D eigenvalue weighted by atomic mass is 19.4. The number of pyridine rings is 1. The van der Waals surface area contributed by atoms with Gasteiger partial charge in [-0.15, -0.1) is 0 Å². The zero-order valence-corrected chi connectivity index (χ0v) is 16.2. The third-order valence-corrected chi connectivity index (χ3v) is 5.31. The van der Waals surface area contributed by atoms with Crippen molar-refractivity contribution in [1.82, 2.24) is 4.98 Å². The van der Waals surface area contributed by atoms with Crippen molar-refractivity contribution in [2.75, 3.05) is 0 Å². The van der Waals surface area contributed by atoms with Gasteiger partial charge in [0.2, 0.25) is 0 Å². The Balaban J connectivity index is 2.15. The van der Waals surface area contributed by atoms with E-state index in [0.717, 1.165) is 5.56 Å². The number of benzene rings is 2. The molecule has 28 heavy (non-hydrogen) atoms. The van der Waals surface area contributed by atoms with Crippen LogP contribution in [-0.4, -0.2) is 21.9 Å². The summed E-state index contributed by atoms with van der Waals surface area (Å²) in [5.74, 6) is -1.51. The molecule has 0 bridgehead atoms. The maximum Gasteiger partial charge on any atom is 0.418 e. The Morgan fingerprint density at radius 2 is 1.61 bits per heavy atom. The molecule has 1 heterocycles. The largest absolute Gasteiger partial charge is 0.418 e. The van der Waals surface area contributed by atoms with E-state index in [2.05, 4.69) is 4.98 Å². The van der Waals surface area contributed by atoms with Crippen LogP contribution in [0.1, 0.15) is 36.5 Å². The molecule has 1 aromatic heterocycles. The SMILES string of the molecule is Cc1ccc(C(C(C)C)C(O)(Cc2ccnc3ccccc23)C(F)(F)F)cc1. The lowest BCUT2D eigenvalue weighted by Crippen LogP contribution is -2.53. The number of hydrogen-bond acceptors (Lipinski definition) is 2. The Morgan fingerprint density at radius 1 is 0.964 bits per heavy atom. The molecule has 148 valence electrons. The van der Waals surface area contributed by atoms with Crippen LogP contribution < -0.4 is 0 Å². The van der Waals surface area contributed by atoms with Crippen molar-refractivity contribution in [3.05, 3.63) is 77.5 Å². The van der Waals surface area contributed by atoms with E-state index >= 15 is 0 Å². The molecule has 3 aromatic rings. The lowest BCUT2D eigenvalue weighted by atomic mass is 9.71. The van der Waals surface area contributed by atoms with Gasteiger partial charge in [-0.05, 0) is 36.1 Å². The lowest BCUT2D eigenvalue weighted by molar-refractivity contribution is -0.272. The molecule has 0 radical (unpaired) electrons. The molecule has 2 unspecified atom stereocenters. The summed E-state index contributed by atoms with van der Waals surface area (Å²) in [6.45, 7) is 5.31. The van der Waals surface area contributed by atoms with E-state index in [-0.39, 0.29) is 0 Å². The summed E-state index contributed by atoms with van der Waals surface area (Å²) in [5, 5.41) is 11.8. The van der Waals surface area contributed by atoms with Gasteiger partial charge in [0.15, 0.2) is 5.60 Å². The van der Waals surface area contributed by atoms with Gasteiger partial charge in [0.25, 0.3) is 0 Å². The topological polar surface area (TPSA) is 33.1 Å². The fourth-order valence-electron chi connectivity index (χ4n) is 3.97. The van der Waals surface area contributed by atoms with E-state index in [1.165, 1.54) is 6.20 Å². The summed E-state index contributed by atoms with van der Waals surface area (Å²) >= 11 is 0. The number of hydrogen-bond donors (Lipinski definition) is 1. The Labute approximate surface area is 163 Å². The smallest absolute Gasteiger partial charge is 0.380 e. The fraction of sp³-hybridized carbons (Fsp3) is 0.348. The molecule has 0 saturated heterocycles. The van der Waals surface area contributed by atoms with E-state index in [1.807, 2.05) is 6.92 Å². The van der Waals surface area contributed by atoms with Crippen LogP contribution in [0.5, 0.6) is 0 Å². The third-order valence-electron chi connectivity index (χ3n) is 5.31. The van der Waals surface area contributed by atoms with Gasteiger partial charge in [-0.1, -0.05) is 61.9 Å². The molecule has 0 aliphatic heterocycles. The molecular formula is C23H24F3NO. The van der Waals surface area contributed by atoms with E-state index < -0.39 is 30.0 Å². The first-order valence-electron chi connectivity index (χ1n) is 9.32. The number of aromatic nitrogens is 1. The van der Waals surface area contributed by atoms with Crippen LogP contribution in [0.25, 0.3) is 10.9 Å². The van der Waals surface area contributed by atoms with E-state index in [4.69, 9.17) is 0 Å². The van der Waals surface area contributed by atoms with Gasteiger partial charge in [-0.25, -0.2) is 0 Å². The summed E-state index contributed by atoms with van der Waals surface area (Å²) in [7, 11) is 0. The summed E-state index contributed by atoms with van der Waals surface area (Å²) in [6.07, 6.45) is -3.84. The van der Waals surface area contributed by atoms with Gasteiger partial charge in [0.1, 0.15) is 0 Å². The molecule has 0 fully saturated rings. The highest BCUT2D eigenvalue weighted by Crippen LogP contribution is 2.47. The van der Waals surface area contributed by atoms with Crippen LogP contribution in [0, 0.1) is 12.8 Å². The average Bonchev–Trinajstić information content (AvgIpc) is 2.63. The maximum atomic E-state index is 14.3. The van der Waals surface area contributed by atoms with Gasteiger partial charge < -0.3 is 5.11 Å². The summed E-state index contributed by atoms with van der Waals surface area (Å²) in [5.41, 5.74) is -0.412. The predicted molar refractivity (Wildman–Crippen MR) is 105 cm³/mol. The van der Waals surface area contributed by atoms with Gasteiger partial charge in [0.05, 0.1) is 5.52 Å². The number of halogens is 3. The number of rotatable bonds is 5. The van der Waals surface area contributed by atoms with Crippen LogP contribution in [-0.2, 0) is 6.42 Å². The van der Waals surface area contributed by atoms with Crippen LogP contribution in [0.4, 0.5) is 13.2 Å². The van der Waals surface area contributed by atoms with Crippen molar-refractivity contribution in [3.8, 4) is 0 Å². The zero-order valence-electron chi connectivity index (χ0n) is 16.2. The second-order valence-electron chi connectivity index (χ2n) is 7.72. The highest BCUT2D eigenvalue weighted by Gasteiger charge is 2.59. The van der Waals surface area contributed by atoms with Gasteiger partial charge in [-0.2, -0.15) is 13.2 Å². The number of alkyl halides is 3. The normalized spacial score (nSPS) is 15.6. The minimum absolute atomic E-state index is 0.414. The van der Waals surface area contributed by atoms with Crippen molar-refractivity contribution in [1.29, 1.82) is 0 Å². The molecule has 0 aliphatic carbocycles. The van der Waals surface area contributed by atoms with E-state index in [0.29, 0.717) is 22.0 Å². The summed E-state index contributed by atoms with van der Waals surface area (Å²) < 4.78 is 42.9. The Morgan fingerprint density at radius 3 is 2.21 bits per heavy atom. The van der Waals surface area contributed by atoms with Crippen molar-refractivity contribution < 1.29 is 18.3 Å². The van der Waals surface area contributed by atoms with Crippen molar-refractivity contribution in [3.63, 3.8) is 0 Å². The number of aryl methyl sites for hydroxylation is 1. The van der Waals surface area contributed by atoms with Gasteiger partial charge >= 0.3 is 6.18 Å². The summed E-state index contributed by atoms with van der Waals surface area (Å²) in [6, 6.07) is 15.5. The molecule has 0 saturated carbocycles. The van der Waals surface area contributed by atoms with Crippen LogP contribution in [0.15, 0.2) is 60.8 Å². The average molecular weight is 387 g/mol. The van der Waals surface area contributed by atoms with Crippen LogP contribution >= 0.6 is 0 Å². The second kappa shape index (κ2) is 7.55. The third kappa shape index (κ3) is 3.76. The molecule has 2 nitrogen and oxygen atoms in total. The van der Waals surface area contributed by atoms with Crippen molar-refractivity contribution in [2.24, 2.45) is 5.92 Å². The molecule has 0 amide bonds. The molecule has 1 N–H and O–H groups in total. The van der Waals surface area contributed by atoms with E-state index in [9.17, 15) is 18.3 Å². The first-order chi connectivity index (χ1) is 13.1. The number of fused-ring (bicyclic) bond motifs is 1. The van der Waals surface area contributed by atoms with Crippen LogP contribution in [0.2, 0.25) is 0 Å². The standard InChI is InChI=1S/C23H24F3NO/c1-15(2)21(17-10-8-16(3)9-11-17)22(28,23(24,25)26)14-18-12-13-27-20-7-5-4-6-19(18)20/h4-13,15,21,28H,14H2,1-3H3. The molecule has 0 spiro atoms. The van der Waals surface area contributed by atoms with Gasteiger partial charge in [-0.3, -0.25) is 4.98 Å². The first-order valence-corrected chi connectivity index (χ1v) is 9.32. The lowest BCUT2D eigenvalue weighted by Gasteiger charge is -2.40. The molecule has 5 heteroatoms. The maximum absolute atomic E-state index is 14.3. The fourth-order valence-corrected chi connectivity index (χ4v) is 3.97. The van der Waals surface area contributed by atoms with Gasteiger partial charge in [0, 0.05) is 23.9 Å². The van der Waals surface area contributed by atoms with Crippen molar-refractivity contribution in [2.45, 2.75) is 44.9 Å². The number of para-hydroxylation sites is 1. The van der Waals surface area contributed by atoms with E-state index in [1.54, 1.807) is 68.4 Å². The Kier molecular flexibility index (Phi) is 5.48. The Bertz CT molecular complexity index is 945. The summed E-state index contributed by atoms with van der Waals surface area (Å²) in [4.78, 5) is 4.22. The number of aliphatic hydroxyl groups is 1. The molecular weight excluding hydrogens is 363 g/mol. The Hall–Kier alpha value is -2.40. The molecule has 2 atom stereocenters. The molecule has 3 rings (SSSR count). The monoisotopic (exact) mass is 387 g/mol. The quantitative estimate of drug-likeness (QED) is 0.598. The zero-order chi connectivity index (χ0) is 20.5. The minimum atomic E-state index is -4.79.